The van der Waals surface area contributed by atoms with E-state index in [2.05, 4.69) is 55.0 Å². The fourth-order valence-electron chi connectivity index (χ4n) is 11.3. The van der Waals surface area contributed by atoms with Crippen molar-refractivity contribution in [3.63, 3.8) is 0 Å². The Hall–Kier alpha value is -0.340. The van der Waals surface area contributed by atoms with Gasteiger partial charge in [0.1, 0.15) is 0 Å². The van der Waals surface area contributed by atoms with E-state index in [1.807, 2.05) is 0 Å². The van der Waals surface area contributed by atoms with Gasteiger partial charge >= 0.3 is 0 Å². The predicted octanol–water partition coefficient (Wildman–Crippen LogP) is 7.39. The van der Waals surface area contributed by atoms with Crippen LogP contribution in [0.3, 0.4) is 0 Å². The van der Waals surface area contributed by atoms with Crippen LogP contribution in [0.2, 0.25) is 0 Å². The molecule has 5 aliphatic carbocycles. The predicted molar refractivity (Wildman–Crippen MR) is 137 cm³/mol. The van der Waals surface area contributed by atoms with E-state index in [9.17, 15) is 10.2 Å². The molecule has 5 fully saturated rings. The van der Waals surface area contributed by atoms with Gasteiger partial charge in [-0.05, 0) is 121 Å². The lowest BCUT2D eigenvalue weighted by molar-refractivity contribution is -0.161. The van der Waals surface area contributed by atoms with Crippen molar-refractivity contribution in [1.29, 1.82) is 0 Å². The zero-order chi connectivity index (χ0) is 24.2. The molecule has 0 unspecified atom stereocenters. The summed E-state index contributed by atoms with van der Waals surface area (Å²) in [6, 6.07) is 0. The third-order valence-electron chi connectivity index (χ3n) is 13.5. The Kier molecular flexibility index (Phi) is 5.42. The van der Waals surface area contributed by atoms with E-state index >= 15 is 0 Å². The van der Waals surface area contributed by atoms with E-state index in [1.165, 1.54) is 44.1 Å². The first kappa shape index (κ1) is 24.4. The van der Waals surface area contributed by atoms with Gasteiger partial charge in [-0.1, -0.05) is 60.6 Å². The summed E-state index contributed by atoms with van der Waals surface area (Å²) in [6.07, 6.45) is 11.9. The van der Waals surface area contributed by atoms with Crippen LogP contribution in [0.15, 0.2) is 12.2 Å². The molecule has 0 saturated heterocycles. The lowest BCUT2D eigenvalue weighted by Crippen LogP contribution is -2.57. The second kappa shape index (κ2) is 7.34. The third kappa shape index (κ3) is 2.92. The minimum Gasteiger partial charge on any atom is -0.393 e. The first-order chi connectivity index (χ1) is 15.3. The average molecular weight is 457 g/mol. The SMILES string of the molecule is C=C(CC[C@@H](C)[C@H]1[C@@H](O)C[C@@]2(C)[C@@H]3CC[C@H]4C(C)(C)[C@@H](O)CC[C@@]45C[C@@]35CC[C@]12C)C(C)C. The monoisotopic (exact) mass is 456 g/mol. The number of rotatable bonds is 5. The van der Waals surface area contributed by atoms with Crippen molar-refractivity contribution in [3.8, 4) is 0 Å². The van der Waals surface area contributed by atoms with Crippen molar-refractivity contribution in [2.45, 2.75) is 125 Å². The summed E-state index contributed by atoms with van der Waals surface area (Å²) in [5, 5.41) is 22.4. The number of hydrogen-bond donors (Lipinski definition) is 2. The molecule has 0 amide bonds. The van der Waals surface area contributed by atoms with Gasteiger partial charge in [0.25, 0.3) is 0 Å². The lowest BCUT2D eigenvalue weighted by atomic mass is 9.41. The van der Waals surface area contributed by atoms with Gasteiger partial charge in [0.15, 0.2) is 0 Å². The van der Waals surface area contributed by atoms with Gasteiger partial charge in [-0.15, -0.1) is 0 Å². The number of allylic oxidation sites excluding steroid dienone is 1. The number of fused-ring (bicyclic) bond motifs is 2. The van der Waals surface area contributed by atoms with Crippen molar-refractivity contribution in [2.75, 3.05) is 0 Å². The van der Waals surface area contributed by atoms with Crippen molar-refractivity contribution in [2.24, 2.45) is 56.7 Å². The summed E-state index contributed by atoms with van der Waals surface area (Å²) in [5.41, 5.74) is 2.87. The summed E-state index contributed by atoms with van der Waals surface area (Å²) in [7, 11) is 0. The number of aliphatic hydroxyl groups is 2. The molecule has 2 nitrogen and oxygen atoms in total. The van der Waals surface area contributed by atoms with Crippen LogP contribution in [0.25, 0.3) is 0 Å². The first-order valence-electron chi connectivity index (χ1n) is 14.3. The van der Waals surface area contributed by atoms with E-state index < -0.39 is 0 Å². The molecule has 0 radical (unpaired) electrons. The molecule has 0 aromatic heterocycles. The molecule has 0 bridgehead atoms. The highest BCUT2D eigenvalue weighted by Gasteiger charge is 2.82. The molecule has 33 heavy (non-hydrogen) atoms. The molecule has 5 rings (SSSR count). The third-order valence-corrected chi connectivity index (χ3v) is 13.5. The van der Waals surface area contributed by atoms with Crippen LogP contribution in [0.4, 0.5) is 0 Å². The molecule has 2 spiro atoms. The Morgan fingerprint density at radius 3 is 2.18 bits per heavy atom. The standard InChI is InChI=1S/C31H52O2/c1-19(2)20(3)9-10-21(4)26-22(32)17-29(8)24-12-11-23-27(5,6)25(33)13-14-30(23)18-31(24,30)16-15-28(26,29)7/h19,21-26,32-33H,3,9-18H2,1-2,4-8H3/t21-,22+,23+,24+,25+,26+,28-,29+,30-,31+/m1/s1. The molecule has 2 heteroatoms. The maximum atomic E-state index is 11.6. The highest BCUT2D eigenvalue weighted by Crippen LogP contribution is 2.89. The Bertz CT molecular complexity index is 814. The van der Waals surface area contributed by atoms with E-state index in [-0.39, 0.29) is 28.5 Å². The van der Waals surface area contributed by atoms with Crippen LogP contribution in [0.5, 0.6) is 0 Å². The second-order valence-electron chi connectivity index (χ2n) is 15.0. The summed E-state index contributed by atoms with van der Waals surface area (Å²) < 4.78 is 0. The van der Waals surface area contributed by atoms with Gasteiger partial charge in [-0.3, -0.25) is 0 Å². The fourth-order valence-corrected chi connectivity index (χ4v) is 11.3. The van der Waals surface area contributed by atoms with E-state index in [1.54, 1.807) is 0 Å². The van der Waals surface area contributed by atoms with Crippen LogP contribution in [0, 0.1) is 56.7 Å². The maximum absolute atomic E-state index is 11.6. The summed E-state index contributed by atoms with van der Waals surface area (Å²) >= 11 is 0. The van der Waals surface area contributed by atoms with Gasteiger partial charge in [0.05, 0.1) is 12.2 Å². The van der Waals surface area contributed by atoms with Crippen LogP contribution in [-0.4, -0.2) is 22.4 Å². The summed E-state index contributed by atoms with van der Waals surface area (Å²) in [6.45, 7) is 21.1. The molecule has 188 valence electrons. The van der Waals surface area contributed by atoms with Gasteiger partial charge in [-0.25, -0.2) is 0 Å². The lowest BCUT2D eigenvalue weighted by Gasteiger charge is -2.63. The van der Waals surface area contributed by atoms with E-state index in [4.69, 9.17) is 0 Å². The Labute approximate surface area is 204 Å². The number of aliphatic hydroxyl groups excluding tert-OH is 2. The smallest absolute Gasteiger partial charge is 0.0594 e. The highest BCUT2D eigenvalue weighted by molar-refractivity contribution is 5.31. The van der Waals surface area contributed by atoms with Crippen LogP contribution >= 0.6 is 0 Å². The first-order valence-corrected chi connectivity index (χ1v) is 14.3. The molecule has 0 aromatic carbocycles. The fraction of sp³-hybridized carbons (Fsp3) is 0.935. The van der Waals surface area contributed by atoms with Crippen LogP contribution in [-0.2, 0) is 0 Å². The largest absolute Gasteiger partial charge is 0.393 e. The van der Waals surface area contributed by atoms with E-state index in [0.717, 1.165) is 31.6 Å². The quantitative estimate of drug-likeness (QED) is 0.423. The minimum absolute atomic E-state index is 0.0550. The normalized spacial score (nSPS) is 53.0. The Morgan fingerprint density at radius 1 is 0.879 bits per heavy atom. The molecule has 5 aliphatic rings. The van der Waals surface area contributed by atoms with Gasteiger partial charge in [-0.2, -0.15) is 0 Å². The highest BCUT2D eigenvalue weighted by atomic mass is 16.3. The molecular formula is C31H52O2. The molecular weight excluding hydrogens is 404 g/mol. The van der Waals surface area contributed by atoms with Crippen molar-refractivity contribution in [3.05, 3.63) is 12.2 Å². The van der Waals surface area contributed by atoms with Crippen molar-refractivity contribution in [1.82, 2.24) is 0 Å². The second-order valence-corrected chi connectivity index (χ2v) is 15.0. The van der Waals surface area contributed by atoms with Crippen LogP contribution in [0.1, 0.15) is 113 Å². The van der Waals surface area contributed by atoms with Gasteiger partial charge in [0.2, 0.25) is 0 Å². The maximum Gasteiger partial charge on any atom is 0.0594 e. The average Bonchev–Trinajstić information content (AvgIpc) is 3.34. The number of hydrogen-bond acceptors (Lipinski definition) is 2. The van der Waals surface area contributed by atoms with Crippen molar-refractivity contribution < 1.29 is 10.2 Å². The van der Waals surface area contributed by atoms with E-state index in [0.29, 0.717) is 34.5 Å². The Balaban J connectivity index is 1.42. The topological polar surface area (TPSA) is 40.5 Å². The summed E-state index contributed by atoms with van der Waals surface area (Å²) in [5.74, 6) is 2.95. The minimum atomic E-state index is -0.158. The molecule has 0 aromatic rings. The molecule has 10 atom stereocenters. The van der Waals surface area contributed by atoms with Gasteiger partial charge in [0, 0.05) is 0 Å². The molecule has 0 heterocycles. The van der Waals surface area contributed by atoms with Gasteiger partial charge < -0.3 is 10.2 Å². The van der Waals surface area contributed by atoms with Crippen LogP contribution < -0.4 is 0 Å². The molecule has 0 aliphatic heterocycles. The molecule has 2 N–H and O–H groups in total. The molecule has 5 saturated carbocycles. The Morgan fingerprint density at radius 2 is 1.52 bits per heavy atom. The zero-order valence-corrected chi connectivity index (χ0v) is 22.7. The summed E-state index contributed by atoms with van der Waals surface area (Å²) in [4.78, 5) is 0. The zero-order valence-electron chi connectivity index (χ0n) is 22.7. The van der Waals surface area contributed by atoms with Crippen molar-refractivity contribution >= 4 is 0 Å².